The Hall–Kier alpha value is 0.679. The molecule has 0 aromatic heterocycles. The molecule has 0 aliphatic rings. The predicted octanol–water partition coefficient (Wildman–Crippen LogP) is 5.81. The normalized spacial score (nSPS) is 14.7. The quantitative estimate of drug-likeness (QED) is 0.484. The first-order chi connectivity index (χ1) is 9.54. The zero-order valence-corrected chi connectivity index (χ0v) is 19.8. The molecule has 0 atom stereocenters. The van der Waals surface area contributed by atoms with Crippen LogP contribution in [0.2, 0.25) is 4.44 Å². The van der Waals surface area contributed by atoms with Crippen molar-refractivity contribution in [3.8, 4) is 0 Å². The maximum atomic E-state index is 6.52. The molecule has 0 saturated heterocycles. The van der Waals surface area contributed by atoms with Crippen LogP contribution in [0.5, 0.6) is 0 Å². The van der Waals surface area contributed by atoms with Gasteiger partial charge in [-0.25, -0.2) is 0 Å². The van der Waals surface area contributed by atoms with Crippen molar-refractivity contribution in [3.63, 3.8) is 0 Å². The van der Waals surface area contributed by atoms with Crippen molar-refractivity contribution in [3.05, 3.63) is 0 Å². The fourth-order valence-corrected chi connectivity index (χ4v) is 13.4. The second-order valence-corrected chi connectivity index (χ2v) is 16.7. The molecule has 0 heterocycles. The summed E-state index contributed by atoms with van der Waals surface area (Å²) in [4.78, 5) is 0. The molecule has 22 heavy (non-hydrogen) atoms. The molecular weight excluding hydrogens is 383 g/mol. The van der Waals surface area contributed by atoms with E-state index in [9.17, 15) is 0 Å². The van der Waals surface area contributed by atoms with Gasteiger partial charge in [-0.15, -0.1) is 0 Å². The van der Waals surface area contributed by atoms with E-state index < -0.39 is 19.6 Å². The Labute approximate surface area is 145 Å². The van der Waals surface area contributed by atoms with Gasteiger partial charge in [-0.05, 0) is 0 Å². The molecule has 4 heteroatoms. The van der Waals surface area contributed by atoms with E-state index in [0.29, 0.717) is 5.92 Å². The molecule has 0 amide bonds. The van der Waals surface area contributed by atoms with Crippen molar-refractivity contribution < 1.29 is 9.22 Å². The average molecular weight is 423 g/mol. The first-order valence-electron chi connectivity index (χ1n) is 8.64. The van der Waals surface area contributed by atoms with Crippen molar-refractivity contribution in [1.29, 1.82) is 0 Å². The summed E-state index contributed by atoms with van der Waals surface area (Å²) < 4.78 is 20.5. The molecule has 0 N–H and O–H groups in total. The van der Waals surface area contributed by atoms with Crippen molar-refractivity contribution in [2.24, 2.45) is 5.92 Å². The Kier molecular flexibility index (Phi) is 8.42. The molecule has 0 aliphatic heterocycles. The molecule has 0 bridgehead atoms. The van der Waals surface area contributed by atoms with Gasteiger partial charge in [-0.3, -0.25) is 0 Å². The molecule has 3 nitrogen and oxygen atoms in total. The molecule has 0 rings (SSSR count). The topological polar surface area (TPSA) is 27.7 Å². The van der Waals surface area contributed by atoms with E-state index >= 15 is 0 Å². The van der Waals surface area contributed by atoms with Crippen LogP contribution in [-0.4, -0.2) is 36.4 Å². The number of rotatable bonds is 7. The summed E-state index contributed by atoms with van der Waals surface area (Å²) in [6.45, 7) is 23.4. The summed E-state index contributed by atoms with van der Waals surface area (Å²) >= 11 is -3.67. The van der Waals surface area contributed by atoms with Gasteiger partial charge in [0.15, 0.2) is 0 Å². The third-order valence-electron chi connectivity index (χ3n) is 2.65. The zero-order chi connectivity index (χ0) is 17.8. The SMILES string of the molecule is CC(C)CC[CH2][Sn]([O]C(C)(C)C)([O]C(C)(C)C)[O]C(C)(C)C. The van der Waals surface area contributed by atoms with Crippen LogP contribution in [0.15, 0.2) is 0 Å². The fourth-order valence-electron chi connectivity index (χ4n) is 2.34. The molecule has 0 saturated carbocycles. The molecule has 0 fully saturated rings. The Morgan fingerprint density at radius 3 is 1.23 bits per heavy atom. The van der Waals surface area contributed by atoms with Gasteiger partial charge in [0, 0.05) is 0 Å². The van der Waals surface area contributed by atoms with E-state index in [1.807, 2.05) is 0 Å². The second-order valence-electron chi connectivity index (χ2n) is 9.61. The van der Waals surface area contributed by atoms with Crippen LogP contribution < -0.4 is 0 Å². The van der Waals surface area contributed by atoms with Crippen LogP contribution in [0, 0.1) is 5.92 Å². The van der Waals surface area contributed by atoms with Crippen molar-refractivity contribution in [1.82, 2.24) is 0 Å². The average Bonchev–Trinajstić information content (AvgIpc) is 2.05. The molecule has 134 valence electrons. The fraction of sp³-hybridized carbons (Fsp3) is 1.00. The summed E-state index contributed by atoms with van der Waals surface area (Å²) in [6.07, 6.45) is 2.29. The van der Waals surface area contributed by atoms with Crippen LogP contribution in [0.3, 0.4) is 0 Å². The molecule has 0 aliphatic carbocycles. The standard InChI is InChI=1S/C6H13.3C4H9O.Sn/c1-4-5-6(2)3;3*1-4(2,3)5;/h6H,1,4-5H2,2-3H3;3*1-3H3;/q;3*-1;+3. The molecule has 0 aromatic carbocycles. The van der Waals surface area contributed by atoms with Crippen LogP contribution in [-0.2, 0) is 9.22 Å². The summed E-state index contributed by atoms with van der Waals surface area (Å²) in [5.74, 6) is 0.697. The summed E-state index contributed by atoms with van der Waals surface area (Å²) in [5.41, 5.74) is -0.737. The Morgan fingerprint density at radius 2 is 1.00 bits per heavy atom. The summed E-state index contributed by atoms with van der Waals surface area (Å²) in [5, 5.41) is 0. The van der Waals surface area contributed by atoms with Gasteiger partial charge in [-0.2, -0.15) is 0 Å². The molecular formula is C18H40O3Sn. The van der Waals surface area contributed by atoms with E-state index in [2.05, 4.69) is 76.2 Å². The minimum atomic E-state index is -3.67. The van der Waals surface area contributed by atoms with E-state index in [1.165, 1.54) is 6.42 Å². The monoisotopic (exact) mass is 424 g/mol. The number of hydrogen-bond donors (Lipinski definition) is 0. The van der Waals surface area contributed by atoms with Gasteiger partial charge in [0.2, 0.25) is 0 Å². The molecule has 0 spiro atoms. The van der Waals surface area contributed by atoms with Gasteiger partial charge in [0.05, 0.1) is 0 Å². The van der Waals surface area contributed by atoms with E-state index in [0.717, 1.165) is 10.9 Å². The van der Waals surface area contributed by atoms with Crippen molar-refractivity contribution in [2.45, 2.75) is 110 Å². The maximum absolute atomic E-state index is 6.52. The number of hydrogen-bond acceptors (Lipinski definition) is 3. The van der Waals surface area contributed by atoms with Crippen LogP contribution in [0.4, 0.5) is 0 Å². The van der Waals surface area contributed by atoms with Gasteiger partial charge >= 0.3 is 145 Å². The van der Waals surface area contributed by atoms with E-state index in [4.69, 9.17) is 9.22 Å². The Morgan fingerprint density at radius 1 is 0.682 bits per heavy atom. The summed E-state index contributed by atoms with van der Waals surface area (Å²) in [6, 6.07) is 0. The first-order valence-corrected chi connectivity index (χ1v) is 14.2. The van der Waals surface area contributed by atoms with Gasteiger partial charge < -0.3 is 0 Å². The molecule has 0 unspecified atom stereocenters. The van der Waals surface area contributed by atoms with Crippen molar-refractivity contribution >= 4 is 19.6 Å². The van der Waals surface area contributed by atoms with E-state index in [1.54, 1.807) is 0 Å². The van der Waals surface area contributed by atoms with Gasteiger partial charge in [-0.1, -0.05) is 0 Å². The zero-order valence-electron chi connectivity index (χ0n) is 16.9. The first kappa shape index (κ1) is 22.7. The second kappa shape index (κ2) is 8.17. The molecule has 0 aromatic rings. The third-order valence-corrected chi connectivity index (χ3v) is 13.3. The van der Waals surface area contributed by atoms with E-state index in [-0.39, 0.29) is 16.8 Å². The van der Waals surface area contributed by atoms with Gasteiger partial charge in [0.1, 0.15) is 0 Å². The Balaban J connectivity index is 5.39. The molecule has 0 radical (unpaired) electrons. The van der Waals surface area contributed by atoms with Crippen LogP contribution in [0.1, 0.15) is 89.0 Å². The summed E-state index contributed by atoms with van der Waals surface area (Å²) in [7, 11) is 0. The van der Waals surface area contributed by atoms with Crippen LogP contribution in [0.25, 0.3) is 0 Å². The van der Waals surface area contributed by atoms with Crippen LogP contribution >= 0.6 is 0 Å². The van der Waals surface area contributed by atoms with Crippen molar-refractivity contribution in [2.75, 3.05) is 0 Å². The van der Waals surface area contributed by atoms with Gasteiger partial charge in [0.25, 0.3) is 0 Å². The third kappa shape index (κ3) is 12.1. The predicted molar refractivity (Wildman–Crippen MR) is 97.1 cm³/mol. The Bertz CT molecular complexity index is 278. The minimum absolute atomic E-state index is 0.246.